The largest absolute Gasteiger partial charge is 0.335 e. The summed E-state index contributed by atoms with van der Waals surface area (Å²) in [5.74, 6) is 0.206. The normalized spacial score (nSPS) is 20.1. The van der Waals surface area contributed by atoms with Crippen molar-refractivity contribution in [1.82, 2.24) is 4.90 Å². The zero-order valence-corrected chi connectivity index (χ0v) is 11.8. The van der Waals surface area contributed by atoms with Gasteiger partial charge in [0.05, 0.1) is 4.88 Å². The van der Waals surface area contributed by atoms with Gasteiger partial charge in [0.25, 0.3) is 5.91 Å². The zero-order valence-electron chi connectivity index (χ0n) is 11.0. The van der Waals surface area contributed by atoms with Crippen LogP contribution in [0.15, 0.2) is 12.1 Å². The Bertz CT molecular complexity index is 400. The van der Waals surface area contributed by atoms with Crippen LogP contribution in [0.4, 0.5) is 0 Å². The van der Waals surface area contributed by atoms with Gasteiger partial charge in [0.15, 0.2) is 0 Å². The van der Waals surface area contributed by atoms with Gasteiger partial charge in [-0.25, -0.2) is 0 Å². The Hall–Kier alpha value is -0.870. The molecule has 2 rings (SSSR count). The van der Waals surface area contributed by atoms with E-state index in [9.17, 15) is 4.79 Å². The average Bonchev–Trinajstić information content (AvgIpc) is 2.88. The van der Waals surface area contributed by atoms with Crippen molar-refractivity contribution >= 4 is 17.2 Å². The van der Waals surface area contributed by atoms with Gasteiger partial charge in [-0.15, -0.1) is 11.3 Å². The monoisotopic (exact) mass is 266 g/mol. The van der Waals surface area contributed by atoms with Crippen molar-refractivity contribution in [3.63, 3.8) is 0 Å². The van der Waals surface area contributed by atoms with Crippen LogP contribution in [-0.4, -0.2) is 29.9 Å². The van der Waals surface area contributed by atoms with Crippen molar-refractivity contribution in [2.24, 2.45) is 5.73 Å². The number of thiophene rings is 1. The van der Waals surface area contributed by atoms with Crippen LogP contribution in [0.5, 0.6) is 0 Å². The maximum atomic E-state index is 12.5. The lowest BCUT2D eigenvalue weighted by Crippen LogP contribution is -2.44. The summed E-state index contributed by atoms with van der Waals surface area (Å²) in [5.41, 5.74) is 5.65. The molecule has 1 unspecified atom stereocenters. The molecular formula is C14H22N2OS. The number of hydrogen-bond donors (Lipinski definition) is 1. The van der Waals surface area contributed by atoms with Crippen molar-refractivity contribution in [2.45, 2.75) is 45.1 Å². The highest BCUT2D eigenvalue weighted by Gasteiger charge is 2.27. The summed E-state index contributed by atoms with van der Waals surface area (Å²) >= 11 is 1.63. The second kappa shape index (κ2) is 6.34. The molecule has 1 aromatic heterocycles. The van der Waals surface area contributed by atoms with E-state index in [1.807, 2.05) is 11.0 Å². The van der Waals surface area contributed by atoms with Crippen molar-refractivity contribution in [3.8, 4) is 0 Å². The fraction of sp³-hybridized carbons (Fsp3) is 0.643. The standard InChI is InChI=1S/C14H22N2OS/c1-2-12-6-7-13(18-12)14(17)16-10-4-3-5-11(16)8-9-15/h6-7,11H,2-5,8-10,15H2,1H3. The number of likely N-dealkylation sites (tertiary alicyclic amines) is 1. The highest BCUT2D eigenvalue weighted by Crippen LogP contribution is 2.25. The molecule has 1 atom stereocenters. The number of hydrogen-bond acceptors (Lipinski definition) is 3. The van der Waals surface area contributed by atoms with Crippen LogP contribution in [0, 0.1) is 0 Å². The van der Waals surface area contributed by atoms with Crippen molar-refractivity contribution in [1.29, 1.82) is 0 Å². The number of piperidine rings is 1. The minimum absolute atomic E-state index is 0.206. The number of carbonyl (C=O) groups is 1. The molecule has 0 bridgehead atoms. The molecule has 1 aliphatic rings. The van der Waals surface area contributed by atoms with Crippen molar-refractivity contribution in [2.75, 3.05) is 13.1 Å². The topological polar surface area (TPSA) is 46.3 Å². The maximum absolute atomic E-state index is 12.5. The zero-order chi connectivity index (χ0) is 13.0. The summed E-state index contributed by atoms with van der Waals surface area (Å²) in [6.07, 6.45) is 5.38. The second-order valence-corrected chi connectivity index (χ2v) is 6.01. The molecule has 1 aliphatic heterocycles. The van der Waals surface area contributed by atoms with Crippen LogP contribution >= 0.6 is 11.3 Å². The van der Waals surface area contributed by atoms with Crippen LogP contribution in [0.25, 0.3) is 0 Å². The lowest BCUT2D eigenvalue weighted by molar-refractivity contribution is 0.0610. The molecule has 0 radical (unpaired) electrons. The molecule has 0 aromatic carbocycles. The van der Waals surface area contributed by atoms with Gasteiger partial charge in [0.2, 0.25) is 0 Å². The minimum Gasteiger partial charge on any atom is -0.335 e. The van der Waals surface area contributed by atoms with Crippen LogP contribution in [-0.2, 0) is 6.42 Å². The molecule has 4 heteroatoms. The lowest BCUT2D eigenvalue weighted by atomic mass is 9.99. The minimum atomic E-state index is 0.206. The van der Waals surface area contributed by atoms with Gasteiger partial charge in [0.1, 0.15) is 0 Å². The maximum Gasteiger partial charge on any atom is 0.264 e. The smallest absolute Gasteiger partial charge is 0.264 e. The van der Waals surface area contributed by atoms with Crippen LogP contribution in [0.2, 0.25) is 0 Å². The van der Waals surface area contributed by atoms with E-state index < -0.39 is 0 Å². The molecule has 18 heavy (non-hydrogen) atoms. The molecule has 0 saturated carbocycles. The molecule has 1 amide bonds. The molecule has 1 fully saturated rings. The third-order valence-electron chi connectivity index (χ3n) is 3.61. The quantitative estimate of drug-likeness (QED) is 0.910. The van der Waals surface area contributed by atoms with Gasteiger partial charge >= 0.3 is 0 Å². The molecule has 0 spiro atoms. The van der Waals surface area contributed by atoms with Gasteiger partial charge in [-0.05, 0) is 50.8 Å². The Labute approximate surface area is 113 Å². The van der Waals surface area contributed by atoms with Gasteiger partial charge in [-0.3, -0.25) is 4.79 Å². The Kier molecular flexibility index (Phi) is 4.78. The number of nitrogens with two attached hydrogens (primary N) is 1. The predicted octanol–water partition coefficient (Wildman–Crippen LogP) is 2.65. The SMILES string of the molecule is CCc1ccc(C(=O)N2CCCCC2CCN)s1. The summed E-state index contributed by atoms with van der Waals surface area (Å²) in [6.45, 7) is 3.68. The lowest BCUT2D eigenvalue weighted by Gasteiger charge is -2.35. The van der Waals surface area contributed by atoms with Gasteiger partial charge < -0.3 is 10.6 Å². The van der Waals surface area contributed by atoms with Crippen LogP contribution in [0.3, 0.4) is 0 Å². The number of nitrogens with zero attached hydrogens (tertiary/aromatic N) is 1. The number of aryl methyl sites for hydroxylation is 1. The molecule has 1 aromatic rings. The first-order valence-electron chi connectivity index (χ1n) is 6.86. The van der Waals surface area contributed by atoms with E-state index in [0.29, 0.717) is 12.6 Å². The average molecular weight is 266 g/mol. The fourth-order valence-corrected chi connectivity index (χ4v) is 3.49. The fourth-order valence-electron chi connectivity index (χ4n) is 2.58. The molecule has 2 heterocycles. The Morgan fingerprint density at radius 1 is 1.50 bits per heavy atom. The van der Waals surface area contributed by atoms with E-state index in [-0.39, 0.29) is 5.91 Å². The first kappa shape index (κ1) is 13.6. The van der Waals surface area contributed by atoms with E-state index in [1.54, 1.807) is 11.3 Å². The Morgan fingerprint density at radius 3 is 3.00 bits per heavy atom. The number of carbonyl (C=O) groups excluding carboxylic acids is 1. The molecule has 0 aliphatic carbocycles. The number of amides is 1. The Balaban J connectivity index is 2.10. The van der Waals surface area contributed by atoms with E-state index in [1.165, 1.54) is 11.3 Å². The third-order valence-corrected chi connectivity index (χ3v) is 4.83. The van der Waals surface area contributed by atoms with Crippen LogP contribution in [0.1, 0.15) is 47.2 Å². The highest BCUT2D eigenvalue weighted by atomic mass is 32.1. The van der Waals surface area contributed by atoms with Crippen LogP contribution < -0.4 is 5.73 Å². The second-order valence-electron chi connectivity index (χ2n) is 4.85. The first-order chi connectivity index (χ1) is 8.76. The van der Waals surface area contributed by atoms with E-state index in [4.69, 9.17) is 5.73 Å². The Morgan fingerprint density at radius 2 is 2.33 bits per heavy atom. The first-order valence-corrected chi connectivity index (χ1v) is 7.67. The molecule has 1 saturated heterocycles. The molecule has 3 nitrogen and oxygen atoms in total. The van der Waals surface area contributed by atoms with Gasteiger partial charge in [-0.1, -0.05) is 6.92 Å². The summed E-state index contributed by atoms with van der Waals surface area (Å²) in [5, 5.41) is 0. The van der Waals surface area contributed by atoms with E-state index >= 15 is 0 Å². The van der Waals surface area contributed by atoms with E-state index in [0.717, 1.165) is 37.1 Å². The predicted molar refractivity (Wildman–Crippen MR) is 76.0 cm³/mol. The molecule has 2 N–H and O–H groups in total. The summed E-state index contributed by atoms with van der Waals surface area (Å²) in [6, 6.07) is 4.39. The van der Waals surface area contributed by atoms with Gasteiger partial charge in [-0.2, -0.15) is 0 Å². The summed E-state index contributed by atoms with van der Waals surface area (Å²) in [4.78, 5) is 16.7. The molecular weight excluding hydrogens is 244 g/mol. The van der Waals surface area contributed by atoms with Crippen molar-refractivity contribution in [3.05, 3.63) is 21.9 Å². The van der Waals surface area contributed by atoms with E-state index in [2.05, 4.69) is 13.0 Å². The molecule has 100 valence electrons. The third kappa shape index (κ3) is 2.93. The summed E-state index contributed by atoms with van der Waals surface area (Å²) in [7, 11) is 0. The summed E-state index contributed by atoms with van der Waals surface area (Å²) < 4.78 is 0. The van der Waals surface area contributed by atoms with Crippen molar-refractivity contribution < 1.29 is 4.79 Å². The number of rotatable bonds is 4. The highest BCUT2D eigenvalue weighted by molar-refractivity contribution is 7.14. The van der Waals surface area contributed by atoms with Gasteiger partial charge in [0, 0.05) is 17.5 Å².